The molecule has 26 heavy (non-hydrogen) atoms. The molecule has 0 atom stereocenters. The number of hydrogen-bond donors (Lipinski definition) is 1. The van der Waals surface area contributed by atoms with Crippen molar-refractivity contribution in [3.8, 4) is 0 Å². The molecule has 3 rings (SSSR count). The molecule has 2 heterocycles. The van der Waals surface area contributed by atoms with Gasteiger partial charge in [0.15, 0.2) is 0 Å². The number of nitrogens with one attached hydrogen (secondary N) is 1. The molecule has 0 saturated carbocycles. The number of aromatic nitrogens is 1. The first-order valence-corrected chi connectivity index (χ1v) is 10.9. The molecule has 0 radical (unpaired) electrons. The summed E-state index contributed by atoms with van der Waals surface area (Å²) >= 11 is 0. The molecular formula is C16H19N3O5S2. The van der Waals surface area contributed by atoms with Crippen LogP contribution in [0.25, 0.3) is 0 Å². The molecule has 0 unspecified atom stereocenters. The molecule has 1 aliphatic heterocycles. The van der Waals surface area contributed by atoms with Crippen LogP contribution in [0.5, 0.6) is 0 Å². The molecule has 0 bridgehead atoms. The largest absolute Gasteiger partial charge is 0.379 e. The van der Waals surface area contributed by atoms with Crippen molar-refractivity contribution in [2.75, 3.05) is 26.3 Å². The van der Waals surface area contributed by atoms with E-state index in [1.807, 2.05) is 0 Å². The molecule has 2 aromatic rings. The lowest BCUT2D eigenvalue weighted by Crippen LogP contribution is -2.40. The summed E-state index contributed by atoms with van der Waals surface area (Å²) in [6, 6.07) is 8.63. The van der Waals surface area contributed by atoms with E-state index in [-0.39, 0.29) is 29.4 Å². The fourth-order valence-electron chi connectivity index (χ4n) is 2.49. The summed E-state index contributed by atoms with van der Waals surface area (Å²) in [6.07, 6.45) is 3.16. The summed E-state index contributed by atoms with van der Waals surface area (Å²) in [7, 11) is -7.39. The number of morpholine rings is 1. The third-order valence-corrected chi connectivity index (χ3v) is 7.29. The number of benzene rings is 1. The Morgan fingerprint density at radius 2 is 1.50 bits per heavy atom. The first-order chi connectivity index (χ1) is 12.4. The second kappa shape index (κ2) is 7.80. The van der Waals surface area contributed by atoms with E-state index < -0.39 is 20.0 Å². The van der Waals surface area contributed by atoms with E-state index >= 15 is 0 Å². The molecule has 1 aromatic carbocycles. The van der Waals surface area contributed by atoms with Crippen LogP contribution in [0.4, 0.5) is 0 Å². The fraction of sp³-hybridized carbons (Fsp3) is 0.312. The second-order valence-corrected chi connectivity index (χ2v) is 9.37. The van der Waals surface area contributed by atoms with Gasteiger partial charge in [-0.25, -0.2) is 21.6 Å². The Morgan fingerprint density at radius 3 is 2.12 bits per heavy atom. The SMILES string of the molecule is O=S(=O)(NCc1ccncc1)c1ccc(S(=O)(=O)N2CCOCC2)cc1. The van der Waals surface area contributed by atoms with Crippen molar-refractivity contribution >= 4 is 20.0 Å². The number of nitrogens with zero attached hydrogens (tertiary/aromatic N) is 2. The zero-order valence-electron chi connectivity index (χ0n) is 13.9. The van der Waals surface area contributed by atoms with Crippen LogP contribution >= 0.6 is 0 Å². The van der Waals surface area contributed by atoms with Gasteiger partial charge in [0.25, 0.3) is 0 Å². The first-order valence-electron chi connectivity index (χ1n) is 7.96. The van der Waals surface area contributed by atoms with E-state index in [0.29, 0.717) is 13.2 Å². The lowest BCUT2D eigenvalue weighted by atomic mass is 10.3. The van der Waals surface area contributed by atoms with Crippen LogP contribution in [0, 0.1) is 0 Å². The monoisotopic (exact) mass is 397 g/mol. The fourth-order valence-corrected chi connectivity index (χ4v) is 4.91. The van der Waals surface area contributed by atoms with Crippen LogP contribution in [0.3, 0.4) is 0 Å². The van der Waals surface area contributed by atoms with Crippen molar-refractivity contribution in [1.29, 1.82) is 0 Å². The number of ether oxygens (including phenoxy) is 1. The molecule has 1 saturated heterocycles. The molecule has 1 N–H and O–H groups in total. The number of hydrogen-bond acceptors (Lipinski definition) is 6. The van der Waals surface area contributed by atoms with Crippen molar-refractivity contribution in [3.63, 3.8) is 0 Å². The Kier molecular flexibility index (Phi) is 5.68. The highest BCUT2D eigenvalue weighted by Crippen LogP contribution is 2.19. The average molecular weight is 397 g/mol. The predicted octanol–water partition coefficient (Wildman–Crippen LogP) is 0.581. The van der Waals surface area contributed by atoms with E-state index in [1.165, 1.54) is 28.6 Å². The maximum Gasteiger partial charge on any atom is 0.243 e. The minimum Gasteiger partial charge on any atom is -0.379 e. The van der Waals surface area contributed by atoms with Gasteiger partial charge in [-0.15, -0.1) is 0 Å². The molecule has 140 valence electrons. The van der Waals surface area contributed by atoms with Gasteiger partial charge in [-0.2, -0.15) is 4.31 Å². The van der Waals surface area contributed by atoms with Crippen molar-refractivity contribution in [1.82, 2.24) is 14.0 Å². The Morgan fingerprint density at radius 1 is 0.923 bits per heavy atom. The highest BCUT2D eigenvalue weighted by Gasteiger charge is 2.26. The minimum atomic E-state index is -3.74. The van der Waals surface area contributed by atoms with Crippen molar-refractivity contribution in [2.45, 2.75) is 16.3 Å². The van der Waals surface area contributed by atoms with Crippen LogP contribution in [-0.2, 0) is 31.3 Å². The van der Waals surface area contributed by atoms with Gasteiger partial charge in [0, 0.05) is 32.0 Å². The van der Waals surface area contributed by atoms with Gasteiger partial charge in [0.1, 0.15) is 0 Å². The van der Waals surface area contributed by atoms with Crippen molar-refractivity contribution < 1.29 is 21.6 Å². The van der Waals surface area contributed by atoms with Gasteiger partial charge >= 0.3 is 0 Å². The Hall–Kier alpha value is -1.85. The van der Waals surface area contributed by atoms with Gasteiger partial charge in [-0.05, 0) is 42.0 Å². The van der Waals surface area contributed by atoms with Crippen molar-refractivity contribution in [2.24, 2.45) is 0 Å². The van der Waals surface area contributed by atoms with Crippen LogP contribution in [-0.4, -0.2) is 52.4 Å². The second-order valence-electron chi connectivity index (χ2n) is 5.67. The van der Waals surface area contributed by atoms with E-state index in [4.69, 9.17) is 4.74 Å². The van der Waals surface area contributed by atoms with Crippen LogP contribution in [0.15, 0.2) is 58.6 Å². The molecule has 0 spiro atoms. The quantitative estimate of drug-likeness (QED) is 0.764. The summed E-state index contributed by atoms with van der Waals surface area (Å²) in [6.45, 7) is 1.40. The maximum atomic E-state index is 12.6. The maximum absolute atomic E-state index is 12.6. The van der Waals surface area contributed by atoms with Gasteiger partial charge in [0.2, 0.25) is 20.0 Å². The first kappa shape index (κ1) is 18.9. The summed E-state index contributed by atoms with van der Waals surface area (Å²) in [5.74, 6) is 0. The highest BCUT2D eigenvalue weighted by molar-refractivity contribution is 7.89. The van der Waals surface area contributed by atoms with E-state index in [9.17, 15) is 16.8 Å². The summed E-state index contributed by atoms with van der Waals surface area (Å²) in [4.78, 5) is 3.94. The highest BCUT2D eigenvalue weighted by atomic mass is 32.2. The molecule has 1 aliphatic rings. The number of sulfonamides is 2. The van der Waals surface area contributed by atoms with Crippen LogP contribution in [0.1, 0.15) is 5.56 Å². The molecule has 1 fully saturated rings. The van der Waals surface area contributed by atoms with Crippen LogP contribution < -0.4 is 4.72 Å². The van der Waals surface area contributed by atoms with E-state index in [1.54, 1.807) is 24.5 Å². The number of rotatable bonds is 6. The third-order valence-electron chi connectivity index (χ3n) is 3.96. The lowest BCUT2D eigenvalue weighted by Gasteiger charge is -2.26. The molecule has 8 nitrogen and oxygen atoms in total. The summed E-state index contributed by atoms with van der Waals surface area (Å²) in [5.41, 5.74) is 0.773. The number of pyridine rings is 1. The average Bonchev–Trinajstić information content (AvgIpc) is 2.68. The summed E-state index contributed by atoms with van der Waals surface area (Å²) < 4.78 is 58.8. The lowest BCUT2D eigenvalue weighted by molar-refractivity contribution is 0.0730. The third kappa shape index (κ3) is 4.27. The smallest absolute Gasteiger partial charge is 0.243 e. The van der Waals surface area contributed by atoms with Crippen LogP contribution in [0.2, 0.25) is 0 Å². The van der Waals surface area contributed by atoms with Crippen molar-refractivity contribution in [3.05, 3.63) is 54.4 Å². The molecule has 10 heteroatoms. The Bertz CT molecular complexity index is 939. The van der Waals surface area contributed by atoms with E-state index in [0.717, 1.165) is 5.56 Å². The summed E-state index contributed by atoms with van der Waals surface area (Å²) in [5, 5.41) is 0. The Balaban J connectivity index is 1.74. The van der Waals surface area contributed by atoms with Gasteiger partial charge in [-0.1, -0.05) is 0 Å². The van der Waals surface area contributed by atoms with Gasteiger partial charge in [-0.3, -0.25) is 4.98 Å². The molecule has 0 aliphatic carbocycles. The zero-order valence-corrected chi connectivity index (χ0v) is 15.5. The normalized spacial score (nSPS) is 16.5. The minimum absolute atomic E-state index is 0.00693. The Labute approximate surface area is 152 Å². The molecule has 1 aromatic heterocycles. The molecule has 0 amide bonds. The van der Waals surface area contributed by atoms with E-state index in [2.05, 4.69) is 9.71 Å². The standard InChI is InChI=1S/C16H19N3O5S2/c20-25(21,18-13-14-5-7-17-8-6-14)15-1-3-16(4-2-15)26(22,23)19-9-11-24-12-10-19/h1-8,18H,9-13H2. The molecular weight excluding hydrogens is 378 g/mol. The van der Waals surface area contributed by atoms with Gasteiger partial charge in [0.05, 0.1) is 23.0 Å². The topological polar surface area (TPSA) is 106 Å². The zero-order chi connectivity index (χ0) is 18.6. The van der Waals surface area contributed by atoms with Gasteiger partial charge < -0.3 is 4.74 Å². The predicted molar refractivity (Wildman–Crippen MR) is 94.3 cm³/mol.